The number of likely N-dealkylation sites (N-methyl/N-ethyl adjacent to an activating group) is 1. The molecule has 1 atom stereocenters. The summed E-state index contributed by atoms with van der Waals surface area (Å²) in [7, 11) is 4.55. The number of aromatic nitrogens is 1. The molecule has 1 unspecified atom stereocenters. The van der Waals surface area contributed by atoms with Gasteiger partial charge in [-0.25, -0.2) is 0 Å². The number of nitrogens with zero attached hydrogens (tertiary/aromatic N) is 3. The van der Waals surface area contributed by atoms with Crippen molar-refractivity contribution < 1.29 is 42.4 Å². The van der Waals surface area contributed by atoms with Crippen molar-refractivity contribution in [3.8, 4) is 22.6 Å². The molecular formula is C35H36F3N3O6. The number of amides is 2. The van der Waals surface area contributed by atoms with Crippen molar-refractivity contribution in [2.45, 2.75) is 38.7 Å². The summed E-state index contributed by atoms with van der Waals surface area (Å²) in [6, 6.07) is 17.2. The fourth-order valence-corrected chi connectivity index (χ4v) is 5.92. The van der Waals surface area contributed by atoms with Gasteiger partial charge in [0.2, 0.25) is 5.91 Å². The van der Waals surface area contributed by atoms with Crippen molar-refractivity contribution in [3.05, 3.63) is 100 Å². The van der Waals surface area contributed by atoms with E-state index in [9.17, 15) is 33.0 Å². The number of aliphatic hydroxyl groups excluding tert-OH is 2. The van der Waals surface area contributed by atoms with E-state index in [1.165, 1.54) is 43.4 Å². The predicted octanol–water partition coefficient (Wildman–Crippen LogP) is 5.06. The third-order valence-corrected chi connectivity index (χ3v) is 8.38. The summed E-state index contributed by atoms with van der Waals surface area (Å²) in [6.07, 6.45) is -5.58. The van der Waals surface area contributed by atoms with Crippen LogP contribution < -0.4 is 14.4 Å². The number of ether oxygens (including phenoxy) is 2. The normalized spacial score (nSPS) is 13.3. The lowest BCUT2D eigenvalue weighted by atomic mass is 9.94. The first-order valence-corrected chi connectivity index (χ1v) is 14.9. The lowest BCUT2D eigenvalue weighted by Gasteiger charge is -2.24. The second kappa shape index (κ2) is 13.5. The number of halogens is 3. The second-order valence-electron chi connectivity index (χ2n) is 11.5. The minimum absolute atomic E-state index is 0.0191. The number of aryl methyl sites for hydroxylation is 1. The molecular weight excluding hydrogens is 615 g/mol. The first-order chi connectivity index (χ1) is 22.4. The van der Waals surface area contributed by atoms with Crippen molar-refractivity contribution in [1.29, 1.82) is 0 Å². The molecule has 0 spiro atoms. The number of rotatable bonds is 9. The average Bonchev–Trinajstić information content (AvgIpc) is 3.33. The number of aliphatic hydroxyl groups is 2. The van der Waals surface area contributed by atoms with Crippen LogP contribution in [0, 0.1) is 6.92 Å². The Morgan fingerprint density at radius 3 is 2.32 bits per heavy atom. The largest absolute Gasteiger partial charge is 0.493 e. The van der Waals surface area contributed by atoms with Crippen LogP contribution in [0.1, 0.15) is 38.4 Å². The number of hydrogen-bond donors (Lipinski definition) is 2. The van der Waals surface area contributed by atoms with E-state index in [0.717, 1.165) is 17.3 Å². The Morgan fingerprint density at radius 1 is 0.957 bits per heavy atom. The highest BCUT2D eigenvalue weighted by molar-refractivity contribution is 6.07. The van der Waals surface area contributed by atoms with Gasteiger partial charge >= 0.3 is 6.18 Å². The standard InChI is InChI=1S/C35H36F3N3O6/c1-21-13-22(9-12-27(21)28-7-5-6-8-29(28)35(36,37)38)34(45)41-18-25-11-10-24(15-33(44)39(2)19-26(43)20-42)40(25)17-23-14-31(46-3)32(47-4)16-30(23)41/h5-14,16,26,42-43H,15,17-20H2,1-4H3. The van der Waals surface area contributed by atoms with Crippen LogP contribution in [0.4, 0.5) is 18.9 Å². The predicted molar refractivity (Wildman–Crippen MR) is 170 cm³/mol. The number of hydrogen-bond acceptors (Lipinski definition) is 6. The van der Waals surface area contributed by atoms with Gasteiger partial charge in [0, 0.05) is 43.2 Å². The maximum absolute atomic E-state index is 14.3. The maximum atomic E-state index is 14.3. The van der Waals surface area contributed by atoms with E-state index < -0.39 is 24.5 Å². The highest BCUT2D eigenvalue weighted by Gasteiger charge is 2.34. The Morgan fingerprint density at radius 2 is 1.66 bits per heavy atom. The zero-order chi connectivity index (χ0) is 34.0. The SMILES string of the molecule is COc1cc2c(cc1OC)N(C(=O)c1ccc(-c3ccccc3C(F)(F)F)c(C)c1)Cc1ccc(CC(=O)N(C)CC(O)CO)n1C2. The highest BCUT2D eigenvalue weighted by atomic mass is 19.4. The average molecular weight is 652 g/mol. The molecule has 1 aliphatic heterocycles. The van der Waals surface area contributed by atoms with Crippen LogP contribution in [0.3, 0.4) is 0 Å². The number of fused-ring (bicyclic) bond motifs is 2. The molecule has 0 fully saturated rings. The molecule has 1 aliphatic rings. The minimum atomic E-state index is -4.54. The number of anilines is 1. The second-order valence-corrected chi connectivity index (χ2v) is 11.5. The summed E-state index contributed by atoms with van der Waals surface area (Å²) in [5, 5.41) is 19.0. The third-order valence-electron chi connectivity index (χ3n) is 8.38. The quantitative estimate of drug-likeness (QED) is 0.262. The maximum Gasteiger partial charge on any atom is 0.417 e. The fraction of sp³-hybridized carbons (Fsp3) is 0.314. The van der Waals surface area contributed by atoms with Crippen LogP contribution >= 0.6 is 0 Å². The van der Waals surface area contributed by atoms with Crippen molar-refractivity contribution >= 4 is 17.5 Å². The van der Waals surface area contributed by atoms with E-state index in [1.54, 1.807) is 43.1 Å². The first-order valence-electron chi connectivity index (χ1n) is 14.9. The molecule has 1 aromatic heterocycles. The number of carbonyl (C=O) groups is 2. The number of benzene rings is 3. The van der Waals surface area contributed by atoms with Crippen LogP contribution in [0.5, 0.6) is 11.5 Å². The summed E-state index contributed by atoms with van der Waals surface area (Å²) < 4.78 is 54.4. The van der Waals surface area contributed by atoms with Crippen LogP contribution in [0.15, 0.2) is 66.7 Å². The van der Waals surface area contributed by atoms with Gasteiger partial charge in [0.15, 0.2) is 11.5 Å². The van der Waals surface area contributed by atoms with Gasteiger partial charge in [-0.1, -0.05) is 24.3 Å². The lowest BCUT2D eigenvalue weighted by molar-refractivity contribution is -0.137. The van der Waals surface area contributed by atoms with E-state index in [2.05, 4.69) is 0 Å². The Hall–Kier alpha value is -4.81. The molecule has 9 nitrogen and oxygen atoms in total. The van der Waals surface area contributed by atoms with E-state index in [1.807, 2.05) is 16.7 Å². The van der Waals surface area contributed by atoms with Gasteiger partial charge in [0.1, 0.15) is 0 Å². The Bertz CT molecular complexity index is 1800. The highest BCUT2D eigenvalue weighted by Crippen LogP contribution is 2.41. The topological polar surface area (TPSA) is 104 Å². The van der Waals surface area contributed by atoms with Crippen LogP contribution in [0.25, 0.3) is 11.1 Å². The zero-order valence-electron chi connectivity index (χ0n) is 26.5. The Kier molecular flexibility index (Phi) is 9.64. The molecule has 0 bridgehead atoms. The van der Waals surface area contributed by atoms with Crippen molar-refractivity contribution in [2.24, 2.45) is 0 Å². The van der Waals surface area contributed by atoms with Gasteiger partial charge in [-0.15, -0.1) is 0 Å². The molecule has 5 rings (SSSR count). The molecule has 47 heavy (non-hydrogen) atoms. The monoisotopic (exact) mass is 651 g/mol. The lowest BCUT2D eigenvalue weighted by Crippen LogP contribution is -2.37. The first kappa shape index (κ1) is 33.6. The summed E-state index contributed by atoms with van der Waals surface area (Å²) in [5.41, 5.74) is 3.16. The van der Waals surface area contributed by atoms with Gasteiger partial charge in [-0.2, -0.15) is 13.2 Å². The Balaban J connectivity index is 1.54. The number of methoxy groups -OCH3 is 2. The smallest absolute Gasteiger partial charge is 0.417 e. The molecule has 2 amide bonds. The van der Waals surface area contributed by atoms with E-state index in [-0.39, 0.29) is 42.5 Å². The van der Waals surface area contributed by atoms with Crippen LogP contribution in [-0.4, -0.2) is 72.0 Å². The third kappa shape index (κ3) is 6.84. The zero-order valence-corrected chi connectivity index (χ0v) is 26.5. The fourth-order valence-electron chi connectivity index (χ4n) is 5.92. The van der Waals surface area contributed by atoms with E-state index in [0.29, 0.717) is 40.6 Å². The molecule has 0 saturated carbocycles. The van der Waals surface area contributed by atoms with Crippen molar-refractivity contribution in [3.63, 3.8) is 0 Å². The minimum Gasteiger partial charge on any atom is -0.493 e. The molecule has 4 aromatic rings. The molecule has 248 valence electrons. The molecule has 0 aliphatic carbocycles. The Labute approximate surface area is 270 Å². The van der Waals surface area contributed by atoms with Gasteiger partial charge < -0.3 is 34.1 Å². The number of carbonyl (C=O) groups excluding carboxylic acids is 2. The van der Waals surface area contributed by atoms with E-state index in [4.69, 9.17) is 9.47 Å². The molecule has 2 heterocycles. The summed E-state index contributed by atoms with van der Waals surface area (Å²) >= 11 is 0. The van der Waals surface area contributed by atoms with Crippen molar-refractivity contribution in [2.75, 3.05) is 39.3 Å². The van der Waals surface area contributed by atoms with Gasteiger partial charge in [0.05, 0.1) is 51.1 Å². The summed E-state index contributed by atoms with van der Waals surface area (Å²) in [4.78, 5) is 30.2. The van der Waals surface area contributed by atoms with E-state index >= 15 is 0 Å². The van der Waals surface area contributed by atoms with Crippen LogP contribution in [0.2, 0.25) is 0 Å². The van der Waals surface area contributed by atoms with Gasteiger partial charge in [-0.05, 0) is 65.6 Å². The molecule has 2 N–H and O–H groups in total. The summed E-state index contributed by atoms with van der Waals surface area (Å²) in [6.45, 7) is 1.62. The van der Waals surface area contributed by atoms with Gasteiger partial charge in [-0.3, -0.25) is 9.59 Å². The van der Waals surface area contributed by atoms with Crippen LogP contribution in [-0.2, 0) is 30.5 Å². The number of alkyl halides is 3. The van der Waals surface area contributed by atoms with Gasteiger partial charge in [0.25, 0.3) is 5.91 Å². The molecule has 0 saturated heterocycles. The molecule has 3 aromatic carbocycles. The summed E-state index contributed by atoms with van der Waals surface area (Å²) in [5.74, 6) is 0.228. The molecule has 0 radical (unpaired) electrons. The van der Waals surface area contributed by atoms with Crippen molar-refractivity contribution in [1.82, 2.24) is 9.47 Å². The molecule has 12 heteroatoms.